The zero-order chi connectivity index (χ0) is 53.9. The molecule has 0 aliphatic carbocycles. The molecule has 0 atom stereocenters. The van der Waals surface area contributed by atoms with Crippen LogP contribution in [0.2, 0.25) is 1.41 Å². The van der Waals surface area contributed by atoms with E-state index >= 15 is 0 Å². The molecule has 0 fully saturated rings. The number of anilines is 6. The third-order valence-corrected chi connectivity index (χ3v) is 13.1. The molecule has 0 spiro atoms. The van der Waals surface area contributed by atoms with Crippen molar-refractivity contribution < 1.29 is 21.5 Å². The number of nitrogens with one attached hydrogen (secondary N) is 1. The van der Waals surface area contributed by atoms with Gasteiger partial charge in [0.2, 0.25) is 0 Å². The Morgan fingerprint density at radius 2 is 0.734 bits per heavy atom. The Morgan fingerprint density at radius 3 is 1.20 bits per heavy atom. The predicted octanol–water partition coefficient (Wildman–Crippen LogP) is 20.3. The number of hydrogen-bond donors (Lipinski definition) is 1. The van der Waals surface area contributed by atoms with E-state index in [1.807, 2.05) is 97.2 Å². The molecule has 0 saturated heterocycles. The second-order valence-electron chi connectivity index (χ2n) is 18.0. The molecule has 0 bridgehead atoms. The molecule has 0 aliphatic heterocycles. The first kappa shape index (κ1) is 53.0. The van der Waals surface area contributed by atoms with Crippen molar-refractivity contribution >= 4 is 64.7 Å². The Hall–Kier alpha value is -9.41. The second-order valence-corrected chi connectivity index (χ2v) is 18.0. The number of pyridine rings is 2. The van der Waals surface area contributed by atoms with Crippen molar-refractivity contribution in [3.63, 3.8) is 0 Å². The summed E-state index contributed by atoms with van der Waals surface area (Å²) in [6.07, 6.45) is 3.63. The Kier molecular flexibility index (Phi) is 18.5. The van der Waals surface area contributed by atoms with Crippen molar-refractivity contribution in [2.75, 3.05) is 9.80 Å². The van der Waals surface area contributed by atoms with Crippen LogP contribution in [-0.2, 0) is 20.1 Å². The number of hydrogen-bond acceptors (Lipinski definition) is 5. The fourth-order valence-corrected chi connectivity index (χ4v) is 9.44. The van der Waals surface area contributed by atoms with Gasteiger partial charge >= 0.3 is 0 Å². The van der Waals surface area contributed by atoms with Crippen molar-refractivity contribution in [1.82, 2.24) is 9.97 Å². The standard InChI is InChI=1S/C44H32N2.C17H12N.C11H8N.Ir.H2NP/c1-3-17-37(18-4-1)45(43-23-11-15-35-13-7-9-21-41(35)43)39-29-25-33(26-30-39)34-27-31-40(32-28-34)46(38-19-5-2-6-20-38)44-24-12-16-36-14-8-10-22-42(36)44;1-3-7-14(8-4-1)16-11-12-18-17(13-16)15-9-5-2-6-10-15;1-2-6-10(7-3-1)11-8-4-5-9-12-11;;1-2/h1-32H;1-9,11-13H;1-6,8-9H;;1-2H/q;2*-1;;/i/hD. The fraction of sp³-hybridized carbons (Fsp3) is 0. The molecule has 1 radical (unpaired) electrons. The second kappa shape index (κ2) is 27.6. The average Bonchev–Trinajstić information content (AvgIpc) is 3.60. The fourth-order valence-electron chi connectivity index (χ4n) is 9.44. The van der Waals surface area contributed by atoms with Crippen LogP contribution >= 0.6 is 9.03 Å². The minimum Gasteiger partial charge on any atom is -0.310 e. The number of rotatable bonds is 10. The molecular weight excluding hydrogens is 1160 g/mol. The van der Waals surface area contributed by atoms with E-state index in [1.54, 1.807) is 6.20 Å². The molecule has 2 aromatic heterocycles. The first-order valence-corrected chi connectivity index (χ1v) is 26.1. The summed E-state index contributed by atoms with van der Waals surface area (Å²) in [6.45, 7) is 0. The van der Waals surface area contributed by atoms with Gasteiger partial charge in [-0.25, -0.2) is 0 Å². The van der Waals surface area contributed by atoms with Crippen LogP contribution in [0.3, 0.4) is 0 Å². The Labute approximate surface area is 480 Å². The predicted molar refractivity (Wildman–Crippen MR) is 330 cm³/mol. The van der Waals surface area contributed by atoms with Gasteiger partial charge in [-0.15, -0.1) is 71.8 Å². The van der Waals surface area contributed by atoms with Gasteiger partial charge in [-0.2, -0.15) is 0 Å². The summed E-state index contributed by atoms with van der Waals surface area (Å²) in [5.41, 5.74) is 15.6. The number of aromatic nitrogens is 2. The minimum atomic E-state index is 0. The zero-order valence-corrected chi connectivity index (χ0v) is 46.5. The molecule has 383 valence electrons. The molecule has 13 rings (SSSR count). The van der Waals surface area contributed by atoms with E-state index < -0.39 is 0 Å². The normalized spacial score (nSPS) is 10.4. The van der Waals surface area contributed by atoms with Gasteiger partial charge in [0.15, 0.2) is 1.41 Å². The van der Waals surface area contributed by atoms with E-state index in [-0.39, 0.29) is 20.1 Å². The molecule has 1 N–H and O–H groups in total. The Balaban J connectivity index is 0.000000185. The Bertz CT molecular complexity index is 3710. The summed E-state index contributed by atoms with van der Waals surface area (Å²) in [7, 11) is 2.48. The molecule has 2 heterocycles. The van der Waals surface area contributed by atoms with E-state index in [0.717, 1.165) is 56.6 Å². The summed E-state index contributed by atoms with van der Waals surface area (Å²) in [4.78, 5) is 13.3. The molecular formula is C72H54IrN5P-2. The summed E-state index contributed by atoms with van der Waals surface area (Å²) < 4.78 is 5.75. The summed E-state index contributed by atoms with van der Waals surface area (Å²) in [5.74, 6) is 0. The van der Waals surface area contributed by atoms with Gasteiger partial charge in [-0.3, -0.25) is 5.15 Å². The monoisotopic (exact) mass is 1210 g/mol. The average molecular weight is 1210 g/mol. The molecule has 0 amide bonds. The van der Waals surface area contributed by atoms with Crippen molar-refractivity contribution in [1.29, 1.82) is 5.15 Å². The topological polar surface area (TPSA) is 56.1 Å². The number of para-hydroxylation sites is 2. The maximum absolute atomic E-state index is 5.75. The van der Waals surface area contributed by atoms with Crippen molar-refractivity contribution in [3.05, 3.63) is 328 Å². The zero-order valence-electron chi connectivity index (χ0n) is 44.1. The van der Waals surface area contributed by atoms with Crippen molar-refractivity contribution in [2.45, 2.75) is 0 Å². The summed E-state index contributed by atoms with van der Waals surface area (Å²) in [6, 6.07) is 112. The van der Waals surface area contributed by atoms with Crippen molar-refractivity contribution in [2.24, 2.45) is 0 Å². The molecule has 79 heavy (non-hydrogen) atoms. The van der Waals surface area contributed by atoms with E-state index in [1.165, 1.54) is 43.8 Å². The molecule has 13 aromatic rings. The van der Waals surface area contributed by atoms with Gasteiger partial charge in [0, 0.05) is 66.0 Å². The molecule has 0 unspecified atom stereocenters. The van der Waals surface area contributed by atoms with E-state index in [0.29, 0.717) is 0 Å². The third-order valence-electron chi connectivity index (χ3n) is 13.1. The van der Waals surface area contributed by atoms with Gasteiger partial charge in [0.1, 0.15) is 0 Å². The maximum Gasteiger partial charge on any atom is 0.192 e. The van der Waals surface area contributed by atoms with Gasteiger partial charge in [-0.1, -0.05) is 182 Å². The molecule has 11 aromatic carbocycles. The quantitative estimate of drug-likeness (QED) is 0.110. The molecule has 7 heteroatoms. The number of nitrogens with zero attached hydrogens (tertiary/aromatic N) is 4. The minimum absolute atomic E-state index is 0. The number of fused-ring (bicyclic) bond motifs is 2. The van der Waals surface area contributed by atoms with Gasteiger partial charge in [0.25, 0.3) is 0 Å². The van der Waals surface area contributed by atoms with Crippen molar-refractivity contribution in [3.8, 4) is 44.8 Å². The number of benzene rings is 11. The van der Waals surface area contributed by atoms with Crippen LogP contribution in [0, 0.1) is 17.3 Å². The SMILES string of the molecule is [2H]N=P.[Ir].[c-]1ccccc1-c1cc(-c2ccccc2)ccn1.[c-]1ccccc1-c1ccccn1.c1ccc(N(c2ccc(-c3ccc(N(c4ccccc4)c4cccc5ccccc45)cc3)cc2)c2cccc3ccccc23)cc1. The van der Waals surface area contributed by atoms with E-state index in [4.69, 9.17) is 1.41 Å². The van der Waals surface area contributed by atoms with Gasteiger partial charge < -0.3 is 19.8 Å². The van der Waals surface area contributed by atoms with Crippen LogP contribution in [-0.4, -0.2) is 9.97 Å². The van der Waals surface area contributed by atoms with Gasteiger partial charge in [-0.05, 0) is 126 Å². The van der Waals surface area contributed by atoms with Crippen LogP contribution in [0.15, 0.2) is 316 Å². The largest absolute Gasteiger partial charge is 0.310 e. The van der Waals surface area contributed by atoms with Gasteiger partial charge in [0.05, 0.1) is 11.4 Å². The van der Waals surface area contributed by atoms with E-state index in [9.17, 15) is 0 Å². The maximum atomic E-state index is 5.75. The Morgan fingerprint density at radius 1 is 0.342 bits per heavy atom. The first-order chi connectivity index (χ1) is 39.1. The first-order valence-electron chi connectivity index (χ1n) is 26.1. The van der Waals surface area contributed by atoms with Crippen LogP contribution < -0.4 is 9.80 Å². The van der Waals surface area contributed by atoms with E-state index in [2.05, 4.69) is 258 Å². The molecule has 5 nitrogen and oxygen atoms in total. The van der Waals surface area contributed by atoms with Crippen LogP contribution in [0.25, 0.3) is 66.3 Å². The third kappa shape index (κ3) is 13.4. The summed E-state index contributed by atoms with van der Waals surface area (Å²) >= 11 is 0. The smallest absolute Gasteiger partial charge is 0.192 e. The summed E-state index contributed by atoms with van der Waals surface area (Å²) in [5, 5.41) is 7.46. The molecule has 0 saturated carbocycles. The van der Waals surface area contributed by atoms with Crippen LogP contribution in [0.4, 0.5) is 34.1 Å². The van der Waals surface area contributed by atoms with Crippen LogP contribution in [0.1, 0.15) is 0 Å². The molecule has 0 aliphatic rings. The van der Waals surface area contributed by atoms with Crippen LogP contribution in [0.5, 0.6) is 0 Å².